The minimum absolute atomic E-state index is 0.369. The van der Waals surface area contributed by atoms with Gasteiger partial charge in [-0.25, -0.2) is 4.79 Å². The van der Waals surface area contributed by atoms with E-state index in [1.807, 2.05) is 39.0 Å². The van der Waals surface area contributed by atoms with E-state index in [2.05, 4.69) is 31.9 Å². The second-order valence-corrected chi connectivity index (χ2v) is 6.70. The summed E-state index contributed by atoms with van der Waals surface area (Å²) in [6.07, 6.45) is 1.35. The molecule has 0 amide bonds. The smallest absolute Gasteiger partial charge is 0.418 e. The Hall–Kier alpha value is -0.810. The fourth-order valence-corrected chi connectivity index (χ4v) is 2.29. The van der Waals surface area contributed by atoms with Crippen molar-refractivity contribution in [1.29, 1.82) is 0 Å². The molecule has 96 valence electrons. The van der Waals surface area contributed by atoms with E-state index in [0.717, 1.165) is 19.8 Å². The van der Waals surface area contributed by atoms with Gasteiger partial charge in [0.15, 0.2) is 0 Å². The molecule has 2 aromatic rings. The molecule has 5 heteroatoms. The zero-order valence-electron chi connectivity index (χ0n) is 10.3. The van der Waals surface area contributed by atoms with Gasteiger partial charge < -0.3 is 4.74 Å². The molecule has 0 unspecified atom stereocenters. The van der Waals surface area contributed by atoms with E-state index in [9.17, 15) is 4.79 Å². The van der Waals surface area contributed by atoms with Gasteiger partial charge in [0, 0.05) is 20.5 Å². The topological polar surface area (TPSA) is 31.2 Å². The van der Waals surface area contributed by atoms with E-state index in [-0.39, 0.29) is 6.09 Å². The molecule has 3 nitrogen and oxygen atoms in total. The molecule has 0 N–H and O–H groups in total. The summed E-state index contributed by atoms with van der Waals surface area (Å²) in [5, 5.41) is 0.982. The quantitative estimate of drug-likeness (QED) is 0.653. The molecule has 0 saturated carbocycles. The van der Waals surface area contributed by atoms with E-state index in [4.69, 9.17) is 4.74 Å². The summed E-state index contributed by atoms with van der Waals surface area (Å²) in [5.41, 5.74) is 0.319. The maximum Gasteiger partial charge on any atom is 0.418 e. The second kappa shape index (κ2) is 4.70. The highest BCUT2D eigenvalue weighted by molar-refractivity contribution is 9.13. The number of ether oxygens (including phenoxy) is 1. The Labute approximate surface area is 122 Å². The average molecular weight is 375 g/mol. The number of fused-ring (bicyclic) bond motifs is 1. The Bertz CT molecular complexity index is 611. The number of aromatic nitrogens is 1. The third-order valence-corrected chi connectivity index (χ3v) is 4.17. The Kier molecular flexibility index (Phi) is 3.56. The van der Waals surface area contributed by atoms with Crippen molar-refractivity contribution in [3.8, 4) is 0 Å². The highest BCUT2D eigenvalue weighted by atomic mass is 79.9. The van der Waals surface area contributed by atoms with Crippen LogP contribution in [-0.4, -0.2) is 16.3 Å². The molecule has 0 saturated heterocycles. The van der Waals surface area contributed by atoms with Gasteiger partial charge in [-0.05, 0) is 70.8 Å². The monoisotopic (exact) mass is 373 g/mol. The van der Waals surface area contributed by atoms with Crippen LogP contribution in [-0.2, 0) is 4.74 Å². The van der Waals surface area contributed by atoms with Crippen LogP contribution in [0.4, 0.5) is 4.79 Å². The van der Waals surface area contributed by atoms with Gasteiger partial charge in [0.05, 0.1) is 5.52 Å². The second-order valence-electron chi connectivity index (χ2n) is 4.99. The lowest BCUT2D eigenvalue weighted by Gasteiger charge is -2.19. The molecule has 1 aromatic carbocycles. The number of hydrogen-bond acceptors (Lipinski definition) is 2. The van der Waals surface area contributed by atoms with Crippen LogP contribution in [0.15, 0.2) is 33.3 Å². The van der Waals surface area contributed by atoms with Crippen LogP contribution in [0.2, 0.25) is 0 Å². The fourth-order valence-electron chi connectivity index (χ4n) is 1.60. The number of carbonyl (C=O) groups is 1. The van der Waals surface area contributed by atoms with Crippen molar-refractivity contribution in [2.75, 3.05) is 0 Å². The molecule has 0 aliphatic heterocycles. The predicted octanol–water partition coefficient (Wildman–Crippen LogP) is 4.95. The largest absolute Gasteiger partial charge is 0.443 e. The minimum Gasteiger partial charge on any atom is -0.443 e. The minimum atomic E-state index is -0.500. The van der Waals surface area contributed by atoms with Crippen molar-refractivity contribution < 1.29 is 9.53 Å². The number of rotatable bonds is 0. The Morgan fingerprint density at radius 2 is 1.83 bits per heavy atom. The molecule has 2 rings (SSSR count). The first kappa shape index (κ1) is 13.6. The predicted molar refractivity (Wildman–Crippen MR) is 79.0 cm³/mol. The van der Waals surface area contributed by atoms with Gasteiger partial charge in [-0.1, -0.05) is 0 Å². The van der Waals surface area contributed by atoms with Crippen molar-refractivity contribution in [1.82, 2.24) is 4.57 Å². The zero-order chi connectivity index (χ0) is 13.5. The number of carbonyl (C=O) groups excluding carboxylic acids is 1. The van der Waals surface area contributed by atoms with Crippen molar-refractivity contribution in [3.05, 3.63) is 33.3 Å². The molecule has 18 heavy (non-hydrogen) atoms. The van der Waals surface area contributed by atoms with Gasteiger partial charge in [-0.15, -0.1) is 0 Å². The van der Waals surface area contributed by atoms with Gasteiger partial charge in [-0.2, -0.15) is 0 Å². The summed E-state index contributed by atoms with van der Waals surface area (Å²) in [5.74, 6) is 0. The maximum absolute atomic E-state index is 12.0. The molecule has 0 bridgehead atoms. The molecule has 1 heterocycles. The molecular formula is C13H13Br2NO2. The van der Waals surface area contributed by atoms with Crippen LogP contribution in [0.5, 0.6) is 0 Å². The van der Waals surface area contributed by atoms with Crippen molar-refractivity contribution >= 4 is 48.9 Å². The van der Waals surface area contributed by atoms with E-state index >= 15 is 0 Å². The molecule has 0 spiro atoms. The first-order chi connectivity index (χ1) is 8.28. The van der Waals surface area contributed by atoms with Gasteiger partial charge in [0.1, 0.15) is 5.60 Å². The van der Waals surface area contributed by atoms with Crippen LogP contribution in [0.1, 0.15) is 20.8 Å². The highest BCUT2D eigenvalue weighted by Gasteiger charge is 2.19. The van der Waals surface area contributed by atoms with E-state index in [0.29, 0.717) is 0 Å². The van der Waals surface area contributed by atoms with Crippen LogP contribution in [0, 0.1) is 0 Å². The van der Waals surface area contributed by atoms with Gasteiger partial charge in [0.2, 0.25) is 0 Å². The van der Waals surface area contributed by atoms with Crippen molar-refractivity contribution in [2.45, 2.75) is 26.4 Å². The number of nitrogens with zero attached hydrogens (tertiary/aromatic N) is 1. The maximum atomic E-state index is 12.0. The van der Waals surface area contributed by atoms with Gasteiger partial charge in [-0.3, -0.25) is 4.57 Å². The van der Waals surface area contributed by atoms with E-state index < -0.39 is 5.60 Å². The SMILES string of the molecule is CC(C)(C)OC(=O)n1ccc2cc(Br)c(Br)cc21. The van der Waals surface area contributed by atoms with E-state index in [1.54, 1.807) is 6.20 Å². The Morgan fingerprint density at radius 3 is 2.44 bits per heavy atom. The summed E-state index contributed by atoms with van der Waals surface area (Å²) < 4.78 is 8.73. The summed E-state index contributed by atoms with van der Waals surface area (Å²) in [4.78, 5) is 12.0. The molecule has 0 aliphatic rings. The van der Waals surface area contributed by atoms with Gasteiger partial charge in [0.25, 0.3) is 0 Å². The van der Waals surface area contributed by atoms with E-state index in [1.165, 1.54) is 4.57 Å². The molecular weight excluding hydrogens is 362 g/mol. The lowest BCUT2D eigenvalue weighted by atomic mass is 10.2. The lowest BCUT2D eigenvalue weighted by Crippen LogP contribution is -2.26. The fraction of sp³-hybridized carbons (Fsp3) is 0.308. The third kappa shape index (κ3) is 2.78. The standard InChI is InChI=1S/C13H13Br2NO2/c1-13(2,3)18-12(17)16-5-4-8-6-9(14)10(15)7-11(8)16/h4-7H,1-3H3. The molecule has 1 aromatic heterocycles. The summed E-state index contributed by atoms with van der Waals surface area (Å²) in [6, 6.07) is 5.74. The van der Waals surface area contributed by atoms with Crippen LogP contribution in [0.25, 0.3) is 10.9 Å². The van der Waals surface area contributed by atoms with Crippen LogP contribution in [0.3, 0.4) is 0 Å². The average Bonchev–Trinajstić information content (AvgIpc) is 2.59. The highest BCUT2D eigenvalue weighted by Crippen LogP contribution is 2.29. The van der Waals surface area contributed by atoms with Crippen molar-refractivity contribution in [3.63, 3.8) is 0 Å². The Morgan fingerprint density at radius 1 is 1.22 bits per heavy atom. The first-order valence-electron chi connectivity index (χ1n) is 5.47. The van der Waals surface area contributed by atoms with Crippen LogP contribution < -0.4 is 0 Å². The number of benzene rings is 1. The number of hydrogen-bond donors (Lipinski definition) is 0. The normalized spacial score (nSPS) is 11.8. The van der Waals surface area contributed by atoms with Crippen LogP contribution >= 0.6 is 31.9 Å². The third-order valence-electron chi connectivity index (χ3n) is 2.32. The summed E-state index contributed by atoms with van der Waals surface area (Å²) in [7, 11) is 0. The molecule has 0 fully saturated rings. The molecule has 0 aliphatic carbocycles. The first-order valence-corrected chi connectivity index (χ1v) is 7.06. The summed E-state index contributed by atoms with van der Waals surface area (Å²) in [6.45, 7) is 5.55. The zero-order valence-corrected chi connectivity index (χ0v) is 13.5. The number of halogens is 2. The lowest BCUT2D eigenvalue weighted by molar-refractivity contribution is 0.0544. The Balaban J connectivity index is 2.46. The molecule has 0 radical (unpaired) electrons. The summed E-state index contributed by atoms with van der Waals surface area (Å²) >= 11 is 6.87. The van der Waals surface area contributed by atoms with Crippen molar-refractivity contribution in [2.24, 2.45) is 0 Å². The van der Waals surface area contributed by atoms with Gasteiger partial charge >= 0.3 is 6.09 Å². The molecule has 0 atom stereocenters.